The molecule has 6 nitrogen and oxygen atoms in total. The second-order valence-electron chi connectivity index (χ2n) is 9.80. The molecular formula is C26H32N4O2. The highest BCUT2D eigenvalue weighted by Gasteiger charge is 2.23. The van der Waals surface area contributed by atoms with Gasteiger partial charge in [0.1, 0.15) is 0 Å². The van der Waals surface area contributed by atoms with Crippen molar-refractivity contribution in [2.24, 2.45) is 5.41 Å². The number of nitrogens with zero attached hydrogens (tertiary/aromatic N) is 4. The zero-order chi connectivity index (χ0) is 22.7. The van der Waals surface area contributed by atoms with Crippen LogP contribution in [0.1, 0.15) is 43.1 Å². The first-order valence-corrected chi connectivity index (χ1v) is 11.3. The highest BCUT2D eigenvalue weighted by molar-refractivity contribution is 5.94. The van der Waals surface area contributed by atoms with Gasteiger partial charge in [-0.1, -0.05) is 38.5 Å². The molecule has 0 unspecified atom stereocenters. The van der Waals surface area contributed by atoms with Crippen molar-refractivity contribution < 1.29 is 9.21 Å². The zero-order valence-electron chi connectivity index (χ0n) is 19.5. The Kier molecular flexibility index (Phi) is 6.42. The Balaban J connectivity index is 1.36. The normalized spacial score (nSPS) is 15.2. The van der Waals surface area contributed by atoms with E-state index in [0.717, 1.165) is 49.4 Å². The first-order chi connectivity index (χ1) is 15.3. The topological polar surface area (TPSA) is 62.5 Å². The molecule has 1 saturated heterocycles. The molecule has 0 atom stereocenters. The molecule has 0 bridgehead atoms. The van der Waals surface area contributed by atoms with Crippen molar-refractivity contribution in [1.29, 1.82) is 0 Å². The van der Waals surface area contributed by atoms with Gasteiger partial charge in [0.2, 0.25) is 11.8 Å². The number of aryl methyl sites for hydroxylation is 1. The number of hydrogen-bond acceptors (Lipinski definition) is 5. The number of amides is 1. The molecule has 168 valence electrons. The summed E-state index contributed by atoms with van der Waals surface area (Å²) in [6, 6.07) is 15.4. The fourth-order valence-corrected chi connectivity index (χ4v) is 3.84. The molecule has 6 heteroatoms. The van der Waals surface area contributed by atoms with Crippen molar-refractivity contribution in [2.75, 3.05) is 32.7 Å². The van der Waals surface area contributed by atoms with Gasteiger partial charge < -0.3 is 9.32 Å². The van der Waals surface area contributed by atoms with Crippen LogP contribution < -0.4 is 0 Å². The standard InChI is InChI=1S/C26H32N4O2/c1-19-6-5-7-22(18-19)24-28-27-23(32-24)20-8-10-21(11-9-20)25(31)30-16-14-29(15-17-30)13-12-26(2,3)4/h5-11,18H,12-17H2,1-4H3. The van der Waals surface area contributed by atoms with Gasteiger partial charge in [-0.2, -0.15) is 0 Å². The maximum Gasteiger partial charge on any atom is 0.253 e. The molecule has 2 heterocycles. The summed E-state index contributed by atoms with van der Waals surface area (Å²) >= 11 is 0. The van der Waals surface area contributed by atoms with Gasteiger partial charge in [-0.05, 0) is 61.7 Å². The molecule has 3 aromatic rings. The lowest BCUT2D eigenvalue weighted by Gasteiger charge is -2.36. The van der Waals surface area contributed by atoms with Gasteiger partial charge in [-0.3, -0.25) is 9.69 Å². The summed E-state index contributed by atoms with van der Waals surface area (Å²) < 4.78 is 5.86. The van der Waals surface area contributed by atoms with E-state index in [0.29, 0.717) is 22.8 Å². The quantitative estimate of drug-likeness (QED) is 0.573. The lowest BCUT2D eigenvalue weighted by atomic mass is 9.92. The number of piperazine rings is 1. The van der Waals surface area contributed by atoms with Gasteiger partial charge in [0.15, 0.2) is 0 Å². The fraction of sp³-hybridized carbons (Fsp3) is 0.423. The van der Waals surface area contributed by atoms with Crippen LogP contribution in [0, 0.1) is 12.3 Å². The molecule has 1 aromatic heterocycles. The largest absolute Gasteiger partial charge is 0.416 e. The molecule has 0 saturated carbocycles. The van der Waals surface area contributed by atoms with Crippen LogP contribution in [-0.2, 0) is 0 Å². The Labute approximate surface area is 190 Å². The Morgan fingerprint density at radius 1 is 0.938 bits per heavy atom. The van der Waals surface area contributed by atoms with Crippen molar-refractivity contribution >= 4 is 5.91 Å². The molecular weight excluding hydrogens is 400 g/mol. The predicted octanol–water partition coefficient (Wildman–Crippen LogP) is 4.91. The van der Waals surface area contributed by atoms with Crippen LogP contribution in [0.5, 0.6) is 0 Å². The number of carbonyl (C=O) groups is 1. The Hall–Kier alpha value is -2.99. The highest BCUT2D eigenvalue weighted by Crippen LogP contribution is 2.25. The second kappa shape index (κ2) is 9.25. The molecule has 4 rings (SSSR count). The van der Waals surface area contributed by atoms with Crippen LogP contribution in [0.4, 0.5) is 0 Å². The molecule has 1 fully saturated rings. The van der Waals surface area contributed by atoms with Crippen LogP contribution in [0.3, 0.4) is 0 Å². The first-order valence-electron chi connectivity index (χ1n) is 11.3. The molecule has 1 amide bonds. The summed E-state index contributed by atoms with van der Waals surface area (Å²) in [5.41, 5.74) is 3.88. The number of aromatic nitrogens is 2. The van der Waals surface area contributed by atoms with Gasteiger partial charge >= 0.3 is 0 Å². The van der Waals surface area contributed by atoms with E-state index in [2.05, 4.69) is 35.9 Å². The number of benzene rings is 2. The zero-order valence-corrected chi connectivity index (χ0v) is 19.5. The lowest BCUT2D eigenvalue weighted by molar-refractivity contribution is 0.0623. The molecule has 0 spiro atoms. The summed E-state index contributed by atoms with van der Waals surface area (Å²) in [6.07, 6.45) is 1.17. The van der Waals surface area contributed by atoms with E-state index in [1.54, 1.807) is 0 Å². The van der Waals surface area contributed by atoms with Gasteiger partial charge in [0, 0.05) is 42.9 Å². The minimum atomic E-state index is 0.0815. The minimum absolute atomic E-state index is 0.0815. The van der Waals surface area contributed by atoms with E-state index in [9.17, 15) is 4.79 Å². The molecule has 0 radical (unpaired) electrons. The molecule has 1 aliphatic rings. The third-order valence-corrected chi connectivity index (χ3v) is 5.91. The molecule has 0 N–H and O–H groups in total. The van der Waals surface area contributed by atoms with E-state index >= 15 is 0 Å². The molecule has 0 aliphatic carbocycles. The lowest BCUT2D eigenvalue weighted by Crippen LogP contribution is -2.49. The summed E-state index contributed by atoms with van der Waals surface area (Å²) in [4.78, 5) is 17.4. The van der Waals surface area contributed by atoms with Crippen LogP contribution >= 0.6 is 0 Å². The van der Waals surface area contributed by atoms with Gasteiger partial charge in [0.25, 0.3) is 5.91 Å². The smallest absolute Gasteiger partial charge is 0.253 e. The third kappa shape index (κ3) is 5.43. The van der Waals surface area contributed by atoms with Crippen LogP contribution in [0.15, 0.2) is 52.9 Å². The van der Waals surface area contributed by atoms with E-state index in [1.165, 1.54) is 6.42 Å². The minimum Gasteiger partial charge on any atom is -0.416 e. The summed E-state index contributed by atoms with van der Waals surface area (Å²) in [6.45, 7) is 13.4. The maximum absolute atomic E-state index is 12.9. The molecule has 1 aliphatic heterocycles. The summed E-state index contributed by atoms with van der Waals surface area (Å²) in [7, 11) is 0. The number of hydrogen-bond donors (Lipinski definition) is 0. The maximum atomic E-state index is 12.9. The summed E-state index contributed by atoms with van der Waals surface area (Å²) in [5.74, 6) is 1.03. The van der Waals surface area contributed by atoms with Crippen molar-refractivity contribution in [2.45, 2.75) is 34.1 Å². The van der Waals surface area contributed by atoms with Crippen LogP contribution in [0.25, 0.3) is 22.9 Å². The SMILES string of the molecule is Cc1cccc(-c2nnc(-c3ccc(C(=O)N4CCN(CCC(C)(C)C)CC4)cc3)o2)c1. The second-order valence-corrected chi connectivity index (χ2v) is 9.80. The van der Waals surface area contributed by atoms with Crippen molar-refractivity contribution in [3.8, 4) is 22.9 Å². The van der Waals surface area contributed by atoms with Crippen LogP contribution in [-0.4, -0.2) is 58.6 Å². The van der Waals surface area contributed by atoms with E-state index < -0.39 is 0 Å². The van der Waals surface area contributed by atoms with Crippen molar-refractivity contribution in [3.05, 3.63) is 59.7 Å². The van der Waals surface area contributed by atoms with Crippen molar-refractivity contribution in [1.82, 2.24) is 20.0 Å². The van der Waals surface area contributed by atoms with Crippen molar-refractivity contribution in [3.63, 3.8) is 0 Å². The van der Waals surface area contributed by atoms with Gasteiger partial charge in [0.05, 0.1) is 0 Å². The van der Waals surface area contributed by atoms with E-state index in [-0.39, 0.29) is 5.91 Å². The number of rotatable bonds is 5. The van der Waals surface area contributed by atoms with Gasteiger partial charge in [-0.25, -0.2) is 0 Å². The van der Waals surface area contributed by atoms with Gasteiger partial charge in [-0.15, -0.1) is 10.2 Å². The highest BCUT2D eigenvalue weighted by atomic mass is 16.4. The van der Waals surface area contributed by atoms with E-state index in [4.69, 9.17) is 4.42 Å². The third-order valence-electron chi connectivity index (χ3n) is 5.91. The van der Waals surface area contributed by atoms with Crippen LogP contribution in [0.2, 0.25) is 0 Å². The molecule has 32 heavy (non-hydrogen) atoms. The Morgan fingerprint density at radius 2 is 1.59 bits per heavy atom. The Bertz CT molecular complexity index is 1060. The Morgan fingerprint density at radius 3 is 2.22 bits per heavy atom. The van der Waals surface area contributed by atoms with E-state index in [1.807, 2.05) is 60.4 Å². The average molecular weight is 433 g/mol. The summed E-state index contributed by atoms with van der Waals surface area (Å²) in [5, 5.41) is 8.36. The first kappa shape index (κ1) is 22.2. The fourth-order valence-electron chi connectivity index (χ4n) is 3.84. The number of carbonyl (C=O) groups excluding carboxylic acids is 1. The predicted molar refractivity (Wildman–Crippen MR) is 126 cm³/mol. The monoisotopic (exact) mass is 432 g/mol. The molecule has 2 aromatic carbocycles. The average Bonchev–Trinajstić information content (AvgIpc) is 3.28.